The predicted molar refractivity (Wildman–Crippen MR) is 76.4 cm³/mol. The second-order valence-corrected chi connectivity index (χ2v) is 5.18. The Balaban J connectivity index is 0.00000162. The van der Waals surface area contributed by atoms with Crippen LogP contribution in [0, 0.1) is 5.82 Å². The van der Waals surface area contributed by atoms with E-state index in [1.54, 1.807) is 6.07 Å². The van der Waals surface area contributed by atoms with Gasteiger partial charge < -0.3 is 5.32 Å². The zero-order valence-electron chi connectivity index (χ0n) is 10.0. The maximum absolute atomic E-state index is 13.2. The Kier molecular flexibility index (Phi) is 6.15. The zero-order valence-corrected chi connectivity index (χ0v) is 12.4. The van der Waals surface area contributed by atoms with Gasteiger partial charge in [0.1, 0.15) is 5.82 Å². The van der Waals surface area contributed by atoms with E-state index in [9.17, 15) is 4.39 Å². The summed E-state index contributed by atoms with van der Waals surface area (Å²) in [6.45, 7) is 5.75. The molecule has 18 heavy (non-hydrogen) atoms. The van der Waals surface area contributed by atoms with E-state index in [-0.39, 0.29) is 17.4 Å². The standard InChI is InChI=1S/C12H15Cl2FN2.ClH/c1-8-6-17(5-4-16-8)7-9-2-3-10(15)12(14)11(9)13;/h2-3,8,16H,4-7H2,1H3;1H/t8-;/m1./s1. The molecule has 1 aliphatic rings. The quantitative estimate of drug-likeness (QED) is 0.842. The number of hydrogen-bond donors (Lipinski definition) is 1. The molecule has 1 aromatic rings. The van der Waals surface area contributed by atoms with E-state index in [1.807, 2.05) is 0 Å². The molecule has 102 valence electrons. The van der Waals surface area contributed by atoms with E-state index >= 15 is 0 Å². The summed E-state index contributed by atoms with van der Waals surface area (Å²) in [5, 5.41) is 3.72. The lowest BCUT2D eigenvalue weighted by Gasteiger charge is -2.32. The molecule has 1 N–H and O–H groups in total. The van der Waals surface area contributed by atoms with E-state index < -0.39 is 5.82 Å². The van der Waals surface area contributed by atoms with Crippen LogP contribution in [0.1, 0.15) is 12.5 Å². The lowest BCUT2D eigenvalue weighted by molar-refractivity contribution is 0.199. The van der Waals surface area contributed by atoms with Crippen molar-refractivity contribution in [1.82, 2.24) is 10.2 Å². The molecule has 1 heterocycles. The number of nitrogens with zero attached hydrogens (tertiary/aromatic N) is 1. The summed E-state index contributed by atoms with van der Waals surface area (Å²) < 4.78 is 13.2. The van der Waals surface area contributed by atoms with Crippen LogP contribution in [0.3, 0.4) is 0 Å². The largest absolute Gasteiger partial charge is 0.312 e. The fourth-order valence-corrected chi connectivity index (χ4v) is 2.48. The van der Waals surface area contributed by atoms with Crippen LogP contribution in [-0.2, 0) is 6.54 Å². The first kappa shape index (κ1) is 16.0. The number of hydrogen-bond acceptors (Lipinski definition) is 2. The molecule has 0 saturated carbocycles. The molecule has 0 unspecified atom stereocenters. The summed E-state index contributed by atoms with van der Waals surface area (Å²) in [7, 11) is 0. The van der Waals surface area contributed by atoms with Crippen molar-refractivity contribution < 1.29 is 4.39 Å². The maximum Gasteiger partial charge on any atom is 0.143 e. The van der Waals surface area contributed by atoms with E-state index in [0.29, 0.717) is 17.6 Å². The molecule has 0 amide bonds. The Morgan fingerprint density at radius 2 is 2.11 bits per heavy atom. The van der Waals surface area contributed by atoms with Gasteiger partial charge in [-0.2, -0.15) is 0 Å². The summed E-state index contributed by atoms with van der Waals surface area (Å²) in [5.41, 5.74) is 0.882. The average Bonchev–Trinajstić information content (AvgIpc) is 2.30. The van der Waals surface area contributed by atoms with Gasteiger partial charge in [-0.05, 0) is 18.6 Å². The van der Waals surface area contributed by atoms with Crippen LogP contribution in [0.2, 0.25) is 10.0 Å². The van der Waals surface area contributed by atoms with Crippen molar-refractivity contribution in [3.05, 3.63) is 33.6 Å². The number of nitrogens with one attached hydrogen (secondary N) is 1. The van der Waals surface area contributed by atoms with E-state index in [2.05, 4.69) is 17.1 Å². The number of halogens is 4. The van der Waals surface area contributed by atoms with Crippen LogP contribution in [0.25, 0.3) is 0 Å². The van der Waals surface area contributed by atoms with Crippen molar-refractivity contribution in [1.29, 1.82) is 0 Å². The van der Waals surface area contributed by atoms with Crippen molar-refractivity contribution in [2.75, 3.05) is 19.6 Å². The van der Waals surface area contributed by atoms with Gasteiger partial charge in [-0.1, -0.05) is 29.3 Å². The van der Waals surface area contributed by atoms with E-state index in [1.165, 1.54) is 6.07 Å². The van der Waals surface area contributed by atoms with E-state index in [0.717, 1.165) is 25.2 Å². The van der Waals surface area contributed by atoms with Crippen LogP contribution in [-0.4, -0.2) is 30.6 Å². The van der Waals surface area contributed by atoms with Crippen molar-refractivity contribution in [2.24, 2.45) is 0 Å². The van der Waals surface area contributed by atoms with Crippen molar-refractivity contribution in [2.45, 2.75) is 19.5 Å². The maximum atomic E-state index is 13.2. The summed E-state index contributed by atoms with van der Waals surface area (Å²) in [6, 6.07) is 3.55. The first-order chi connectivity index (χ1) is 8.08. The zero-order chi connectivity index (χ0) is 12.4. The topological polar surface area (TPSA) is 15.3 Å². The van der Waals surface area contributed by atoms with Crippen LogP contribution in [0.4, 0.5) is 4.39 Å². The smallest absolute Gasteiger partial charge is 0.143 e. The monoisotopic (exact) mass is 312 g/mol. The van der Waals surface area contributed by atoms with Gasteiger partial charge >= 0.3 is 0 Å². The van der Waals surface area contributed by atoms with Crippen LogP contribution in [0.5, 0.6) is 0 Å². The number of piperazine rings is 1. The van der Waals surface area contributed by atoms with Gasteiger partial charge in [0.2, 0.25) is 0 Å². The molecular weight excluding hydrogens is 298 g/mol. The minimum atomic E-state index is -0.464. The van der Waals surface area contributed by atoms with Crippen LogP contribution < -0.4 is 5.32 Å². The molecule has 2 nitrogen and oxygen atoms in total. The lowest BCUT2D eigenvalue weighted by Crippen LogP contribution is -2.48. The van der Waals surface area contributed by atoms with Gasteiger partial charge in [0.25, 0.3) is 0 Å². The third kappa shape index (κ3) is 3.72. The van der Waals surface area contributed by atoms with Crippen molar-refractivity contribution in [3.8, 4) is 0 Å². The highest BCUT2D eigenvalue weighted by Crippen LogP contribution is 2.29. The highest BCUT2D eigenvalue weighted by Gasteiger charge is 2.18. The molecule has 0 spiro atoms. The van der Waals surface area contributed by atoms with Gasteiger partial charge in [-0.15, -0.1) is 12.4 Å². The minimum absolute atomic E-state index is 0. The van der Waals surface area contributed by atoms with E-state index in [4.69, 9.17) is 23.2 Å². The Hall–Kier alpha value is -0.0600. The molecule has 2 rings (SSSR count). The third-order valence-electron chi connectivity index (χ3n) is 2.96. The summed E-state index contributed by atoms with van der Waals surface area (Å²) >= 11 is 11.8. The summed E-state index contributed by atoms with van der Waals surface area (Å²) in [6.07, 6.45) is 0. The third-order valence-corrected chi connectivity index (χ3v) is 3.86. The fourth-order valence-electron chi connectivity index (χ4n) is 2.08. The van der Waals surface area contributed by atoms with Crippen molar-refractivity contribution in [3.63, 3.8) is 0 Å². The Labute approximate surface area is 123 Å². The lowest BCUT2D eigenvalue weighted by atomic mass is 10.1. The summed E-state index contributed by atoms with van der Waals surface area (Å²) in [4.78, 5) is 2.29. The van der Waals surface area contributed by atoms with Crippen molar-refractivity contribution >= 4 is 35.6 Å². The Morgan fingerprint density at radius 1 is 1.39 bits per heavy atom. The molecule has 1 fully saturated rings. The number of rotatable bonds is 2. The Bertz CT molecular complexity index is 415. The minimum Gasteiger partial charge on any atom is -0.312 e. The second-order valence-electron chi connectivity index (χ2n) is 4.42. The number of benzene rings is 1. The first-order valence-corrected chi connectivity index (χ1v) is 6.41. The molecule has 1 atom stereocenters. The molecular formula is C12H16Cl3FN2. The molecule has 1 saturated heterocycles. The van der Waals surface area contributed by atoms with Gasteiger partial charge in [0, 0.05) is 32.2 Å². The van der Waals surface area contributed by atoms with Gasteiger partial charge in [-0.3, -0.25) is 4.90 Å². The SMILES string of the molecule is C[C@@H]1CN(Cc2ccc(F)c(Cl)c2Cl)CCN1.Cl. The van der Waals surface area contributed by atoms with Gasteiger partial charge in [0.15, 0.2) is 0 Å². The molecule has 0 bridgehead atoms. The summed E-state index contributed by atoms with van der Waals surface area (Å²) in [5.74, 6) is -0.464. The predicted octanol–water partition coefficient (Wildman–Crippen LogP) is 3.35. The van der Waals surface area contributed by atoms with Gasteiger partial charge in [-0.25, -0.2) is 4.39 Å². The van der Waals surface area contributed by atoms with Crippen LogP contribution >= 0.6 is 35.6 Å². The second kappa shape index (κ2) is 6.92. The molecule has 0 aliphatic carbocycles. The molecule has 0 aromatic heterocycles. The average molecular weight is 314 g/mol. The molecule has 1 aromatic carbocycles. The molecule has 1 aliphatic heterocycles. The Morgan fingerprint density at radius 3 is 2.78 bits per heavy atom. The highest BCUT2D eigenvalue weighted by atomic mass is 35.5. The fraction of sp³-hybridized carbons (Fsp3) is 0.500. The molecule has 6 heteroatoms. The first-order valence-electron chi connectivity index (χ1n) is 5.66. The van der Waals surface area contributed by atoms with Crippen LogP contribution in [0.15, 0.2) is 12.1 Å². The van der Waals surface area contributed by atoms with Gasteiger partial charge in [0.05, 0.1) is 10.0 Å². The normalized spacial score (nSPS) is 20.6. The molecule has 0 radical (unpaired) electrons. The highest BCUT2D eigenvalue weighted by molar-refractivity contribution is 6.42.